The lowest BCUT2D eigenvalue weighted by atomic mass is 9.77. The van der Waals surface area contributed by atoms with Gasteiger partial charge in [-0.15, -0.1) is 0 Å². The van der Waals surface area contributed by atoms with Crippen LogP contribution in [-0.4, -0.2) is 36.6 Å². The number of carbonyl (C=O) groups is 1. The van der Waals surface area contributed by atoms with Crippen molar-refractivity contribution in [3.63, 3.8) is 0 Å². The van der Waals surface area contributed by atoms with E-state index in [1.807, 2.05) is 0 Å². The van der Waals surface area contributed by atoms with Gasteiger partial charge in [0.05, 0.1) is 7.11 Å². The van der Waals surface area contributed by atoms with Crippen LogP contribution in [0.2, 0.25) is 0 Å². The minimum Gasteiger partial charge on any atom is -0.468 e. The molecule has 3 atom stereocenters. The number of ether oxygens (including phenoxy) is 1. The van der Waals surface area contributed by atoms with E-state index in [0.717, 1.165) is 18.9 Å². The molecule has 0 aromatic rings. The van der Waals surface area contributed by atoms with Gasteiger partial charge in [0, 0.05) is 12.6 Å². The first-order valence-electron chi connectivity index (χ1n) is 5.07. The zero-order chi connectivity index (χ0) is 9.42. The van der Waals surface area contributed by atoms with E-state index in [1.54, 1.807) is 0 Å². The van der Waals surface area contributed by atoms with Gasteiger partial charge in [0.25, 0.3) is 0 Å². The zero-order valence-corrected chi connectivity index (χ0v) is 8.32. The van der Waals surface area contributed by atoms with E-state index in [9.17, 15) is 4.79 Å². The molecule has 0 bridgehead atoms. The number of methoxy groups -OCH3 is 1. The Morgan fingerprint density at radius 3 is 2.46 bits per heavy atom. The summed E-state index contributed by atoms with van der Waals surface area (Å²) in [4.78, 5) is 13.6. The van der Waals surface area contributed by atoms with Gasteiger partial charge < -0.3 is 4.74 Å². The quantitative estimate of drug-likeness (QED) is 0.599. The van der Waals surface area contributed by atoms with E-state index in [2.05, 4.69) is 11.8 Å². The van der Waals surface area contributed by atoms with Crippen LogP contribution in [-0.2, 0) is 9.53 Å². The van der Waals surface area contributed by atoms with Crippen molar-refractivity contribution in [1.82, 2.24) is 4.90 Å². The standard InChI is InChI=1S/C10H17NO2/c1-7-3-4-8(7)11-6-5-9(11)10(12)13-2/h7-9H,3-6H2,1-2H3. The largest absolute Gasteiger partial charge is 0.468 e. The smallest absolute Gasteiger partial charge is 0.323 e. The maximum atomic E-state index is 11.3. The average Bonchev–Trinajstić information content (AvgIpc) is 2.09. The van der Waals surface area contributed by atoms with E-state index in [1.165, 1.54) is 20.0 Å². The van der Waals surface area contributed by atoms with E-state index in [4.69, 9.17) is 4.74 Å². The normalized spacial score (nSPS) is 39.1. The number of likely N-dealkylation sites (tertiary alicyclic amines) is 1. The molecule has 0 N–H and O–H groups in total. The predicted molar refractivity (Wildman–Crippen MR) is 49.3 cm³/mol. The van der Waals surface area contributed by atoms with Crippen LogP contribution < -0.4 is 0 Å². The highest BCUT2D eigenvalue weighted by atomic mass is 16.5. The number of carbonyl (C=O) groups excluding carboxylic acids is 1. The van der Waals surface area contributed by atoms with Crippen molar-refractivity contribution in [2.45, 2.75) is 38.3 Å². The van der Waals surface area contributed by atoms with Gasteiger partial charge in [-0.3, -0.25) is 9.69 Å². The fraction of sp³-hybridized carbons (Fsp3) is 0.900. The van der Waals surface area contributed by atoms with Gasteiger partial charge in [0.2, 0.25) is 0 Å². The van der Waals surface area contributed by atoms with Gasteiger partial charge in [0.15, 0.2) is 0 Å². The molecule has 13 heavy (non-hydrogen) atoms. The van der Waals surface area contributed by atoms with Gasteiger partial charge in [-0.1, -0.05) is 6.92 Å². The predicted octanol–water partition coefficient (Wildman–Crippen LogP) is 1.03. The van der Waals surface area contributed by atoms with Gasteiger partial charge >= 0.3 is 5.97 Å². The SMILES string of the molecule is COC(=O)C1CCN1C1CCC1C. The average molecular weight is 183 g/mol. The van der Waals surface area contributed by atoms with Crippen molar-refractivity contribution in [1.29, 1.82) is 0 Å². The second kappa shape index (κ2) is 3.29. The van der Waals surface area contributed by atoms with Crippen LogP contribution in [0.25, 0.3) is 0 Å². The molecule has 0 amide bonds. The maximum Gasteiger partial charge on any atom is 0.323 e. The second-order valence-electron chi connectivity index (χ2n) is 4.19. The third-order valence-electron chi connectivity index (χ3n) is 3.53. The van der Waals surface area contributed by atoms with Crippen molar-refractivity contribution in [3.05, 3.63) is 0 Å². The summed E-state index contributed by atoms with van der Waals surface area (Å²) in [5, 5.41) is 0. The molecular weight excluding hydrogens is 166 g/mol. The minimum atomic E-state index is -0.0506. The summed E-state index contributed by atoms with van der Waals surface area (Å²) >= 11 is 0. The van der Waals surface area contributed by atoms with E-state index < -0.39 is 0 Å². The number of esters is 1. The van der Waals surface area contributed by atoms with E-state index >= 15 is 0 Å². The molecule has 0 radical (unpaired) electrons. The van der Waals surface area contributed by atoms with Gasteiger partial charge in [-0.25, -0.2) is 0 Å². The highest BCUT2D eigenvalue weighted by Crippen LogP contribution is 2.37. The van der Waals surface area contributed by atoms with E-state index in [-0.39, 0.29) is 12.0 Å². The molecule has 2 aliphatic rings. The minimum absolute atomic E-state index is 0.0506. The molecule has 1 aliphatic heterocycles. The van der Waals surface area contributed by atoms with Crippen molar-refractivity contribution in [3.8, 4) is 0 Å². The Kier molecular flexibility index (Phi) is 2.28. The number of rotatable bonds is 2. The highest BCUT2D eigenvalue weighted by Gasteiger charge is 2.44. The monoisotopic (exact) mass is 183 g/mol. The molecule has 3 nitrogen and oxygen atoms in total. The molecule has 0 spiro atoms. The molecule has 1 saturated carbocycles. The Hall–Kier alpha value is -0.570. The summed E-state index contributed by atoms with van der Waals surface area (Å²) < 4.78 is 4.76. The summed E-state index contributed by atoms with van der Waals surface area (Å²) in [7, 11) is 1.48. The summed E-state index contributed by atoms with van der Waals surface area (Å²) in [5.74, 6) is 0.720. The molecule has 1 aliphatic carbocycles. The molecule has 0 aromatic carbocycles. The summed E-state index contributed by atoms with van der Waals surface area (Å²) in [6.07, 6.45) is 3.56. The van der Waals surface area contributed by atoms with Crippen LogP contribution in [0.3, 0.4) is 0 Å². The molecule has 2 fully saturated rings. The molecule has 3 unspecified atom stereocenters. The topological polar surface area (TPSA) is 29.5 Å². The second-order valence-corrected chi connectivity index (χ2v) is 4.19. The lowest BCUT2D eigenvalue weighted by Gasteiger charge is -2.51. The summed E-state index contributed by atoms with van der Waals surface area (Å²) in [6, 6.07) is 0.718. The summed E-state index contributed by atoms with van der Waals surface area (Å²) in [5.41, 5.74) is 0. The van der Waals surface area contributed by atoms with Crippen LogP contribution in [0.4, 0.5) is 0 Å². The van der Waals surface area contributed by atoms with Crippen molar-refractivity contribution in [2.75, 3.05) is 13.7 Å². The van der Waals surface area contributed by atoms with Gasteiger partial charge in [-0.05, 0) is 25.2 Å². The molecule has 3 heteroatoms. The lowest BCUT2D eigenvalue weighted by molar-refractivity contribution is -0.157. The lowest BCUT2D eigenvalue weighted by Crippen LogP contribution is -2.61. The Bertz CT molecular complexity index is 217. The fourth-order valence-corrected chi connectivity index (χ4v) is 2.34. The molecular formula is C10H17NO2. The van der Waals surface area contributed by atoms with Crippen LogP contribution >= 0.6 is 0 Å². The number of nitrogens with zero attached hydrogens (tertiary/aromatic N) is 1. The zero-order valence-electron chi connectivity index (χ0n) is 8.32. The van der Waals surface area contributed by atoms with Crippen LogP contribution in [0.1, 0.15) is 26.2 Å². The van der Waals surface area contributed by atoms with Crippen LogP contribution in [0.15, 0.2) is 0 Å². The van der Waals surface area contributed by atoms with Crippen molar-refractivity contribution < 1.29 is 9.53 Å². The third kappa shape index (κ3) is 1.35. The maximum absolute atomic E-state index is 11.3. The van der Waals surface area contributed by atoms with Crippen LogP contribution in [0, 0.1) is 5.92 Å². The van der Waals surface area contributed by atoms with Crippen LogP contribution in [0.5, 0.6) is 0 Å². The third-order valence-corrected chi connectivity index (χ3v) is 3.53. The Morgan fingerprint density at radius 2 is 2.15 bits per heavy atom. The first-order chi connectivity index (χ1) is 6.24. The molecule has 2 rings (SSSR count). The number of hydrogen-bond donors (Lipinski definition) is 0. The van der Waals surface area contributed by atoms with E-state index in [0.29, 0.717) is 6.04 Å². The molecule has 1 saturated heterocycles. The molecule has 1 heterocycles. The number of hydrogen-bond acceptors (Lipinski definition) is 3. The van der Waals surface area contributed by atoms with Gasteiger partial charge in [0.1, 0.15) is 6.04 Å². The van der Waals surface area contributed by atoms with Crippen molar-refractivity contribution >= 4 is 5.97 Å². The Balaban J connectivity index is 1.90. The highest BCUT2D eigenvalue weighted by molar-refractivity contribution is 5.76. The van der Waals surface area contributed by atoms with Crippen molar-refractivity contribution in [2.24, 2.45) is 5.92 Å². The first kappa shape index (κ1) is 9.00. The fourth-order valence-electron chi connectivity index (χ4n) is 2.34. The summed E-state index contributed by atoms with van der Waals surface area (Å²) in [6.45, 7) is 3.34. The Morgan fingerprint density at radius 1 is 1.38 bits per heavy atom. The molecule has 74 valence electrons. The molecule has 0 aromatic heterocycles. The van der Waals surface area contributed by atoms with Gasteiger partial charge in [-0.2, -0.15) is 0 Å². The first-order valence-corrected chi connectivity index (χ1v) is 5.07. The Labute approximate surface area is 79.0 Å².